The molecule has 8 heteroatoms. The number of aliphatic hydroxyl groups excluding tert-OH is 2. The standard InChI is InChI=1S/C22H25FN4O3/c1-3-4-5-6-15-11-27(22-20(29)19(28)14(2)30-22)21-18(15)12-26(13-24-21)25-17-9-7-16(23)8-10-17/h7-11,13-14,19-20,22,25,28-29H,3-4,12H2,1-2H3/t14-,19-,20-,22-/m1/s1. The second kappa shape index (κ2) is 8.48. The van der Waals surface area contributed by atoms with Crippen molar-refractivity contribution in [2.75, 3.05) is 5.43 Å². The van der Waals surface area contributed by atoms with Gasteiger partial charge in [-0.25, -0.2) is 9.38 Å². The highest BCUT2D eigenvalue weighted by atomic mass is 19.1. The molecule has 0 unspecified atom stereocenters. The summed E-state index contributed by atoms with van der Waals surface area (Å²) in [4.78, 5) is 4.55. The van der Waals surface area contributed by atoms with Gasteiger partial charge < -0.3 is 19.5 Å². The van der Waals surface area contributed by atoms with E-state index in [-0.39, 0.29) is 5.82 Å². The molecule has 0 bridgehead atoms. The van der Waals surface area contributed by atoms with Crippen molar-refractivity contribution in [2.24, 2.45) is 4.99 Å². The molecule has 2 aliphatic heterocycles. The van der Waals surface area contributed by atoms with E-state index in [0.717, 1.165) is 29.7 Å². The molecule has 1 saturated heterocycles. The number of fused-ring (bicyclic) bond motifs is 1. The van der Waals surface area contributed by atoms with Crippen LogP contribution < -0.4 is 5.43 Å². The van der Waals surface area contributed by atoms with Gasteiger partial charge in [0.15, 0.2) is 6.23 Å². The van der Waals surface area contributed by atoms with Gasteiger partial charge >= 0.3 is 0 Å². The Bertz CT molecular complexity index is 992. The number of hydrazine groups is 1. The van der Waals surface area contributed by atoms with Crippen LogP contribution in [0.5, 0.6) is 0 Å². The molecule has 0 radical (unpaired) electrons. The molecule has 0 aliphatic carbocycles. The van der Waals surface area contributed by atoms with Crippen LogP contribution >= 0.6 is 0 Å². The van der Waals surface area contributed by atoms with Crippen LogP contribution in [0.1, 0.15) is 44.0 Å². The molecule has 158 valence electrons. The molecular weight excluding hydrogens is 387 g/mol. The van der Waals surface area contributed by atoms with Crippen molar-refractivity contribution in [2.45, 2.75) is 57.8 Å². The van der Waals surface area contributed by atoms with Crippen molar-refractivity contribution in [1.29, 1.82) is 0 Å². The molecular formula is C22H25FN4O3. The fraction of sp³-hybridized carbons (Fsp3) is 0.409. The van der Waals surface area contributed by atoms with E-state index in [2.05, 4.69) is 29.2 Å². The molecule has 30 heavy (non-hydrogen) atoms. The van der Waals surface area contributed by atoms with Crippen LogP contribution in [0.4, 0.5) is 15.9 Å². The lowest BCUT2D eigenvalue weighted by Gasteiger charge is -2.26. The van der Waals surface area contributed by atoms with Gasteiger partial charge in [-0.3, -0.25) is 10.4 Å². The molecule has 3 heterocycles. The molecule has 1 fully saturated rings. The Hall–Kier alpha value is -2.86. The fourth-order valence-corrected chi connectivity index (χ4v) is 3.59. The van der Waals surface area contributed by atoms with Crippen molar-refractivity contribution in [3.05, 3.63) is 47.4 Å². The molecule has 3 N–H and O–H groups in total. The summed E-state index contributed by atoms with van der Waals surface area (Å²) in [6.45, 7) is 4.27. The van der Waals surface area contributed by atoms with Crippen LogP contribution in [0, 0.1) is 17.7 Å². The number of ether oxygens (including phenoxy) is 1. The predicted molar refractivity (Wildman–Crippen MR) is 112 cm³/mol. The Morgan fingerprint density at radius 1 is 1.27 bits per heavy atom. The Labute approximate surface area is 174 Å². The summed E-state index contributed by atoms with van der Waals surface area (Å²) in [7, 11) is 0. The Morgan fingerprint density at radius 2 is 2.03 bits per heavy atom. The van der Waals surface area contributed by atoms with Crippen molar-refractivity contribution in [3.63, 3.8) is 0 Å². The molecule has 0 saturated carbocycles. The van der Waals surface area contributed by atoms with Gasteiger partial charge in [-0.15, -0.1) is 0 Å². The molecule has 7 nitrogen and oxygen atoms in total. The third-order valence-corrected chi connectivity index (χ3v) is 5.22. The zero-order valence-corrected chi connectivity index (χ0v) is 16.9. The highest BCUT2D eigenvalue weighted by Gasteiger charge is 2.42. The van der Waals surface area contributed by atoms with Crippen LogP contribution in [-0.2, 0) is 11.3 Å². The topological polar surface area (TPSA) is 82.2 Å². The van der Waals surface area contributed by atoms with Crippen molar-refractivity contribution >= 4 is 17.8 Å². The summed E-state index contributed by atoms with van der Waals surface area (Å²) in [6, 6.07) is 6.07. The lowest BCUT2D eigenvalue weighted by Crippen LogP contribution is -2.31. The zero-order valence-electron chi connectivity index (χ0n) is 16.9. The number of anilines is 1. The first kappa shape index (κ1) is 20.4. The van der Waals surface area contributed by atoms with E-state index >= 15 is 0 Å². The summed E-state index contributed by atoms with van der Waals surface area (Å²) in [5.74, 6) is 6.69. The Morgan fingerprint density at radius 3 is 2.70 bits per heavy atom. The zero-order chi connectivity index (χ0) is 21.3. The van der Waals surface area contributed by atoms with Crippen LogP contribution in [0.15, 0.2) is 35.5 Å². The monoisotopic (exact) mass is 412 g/mol. The van der Waals surface area contributed by atoms with Gasteiger partial charge in [0.05, 0.1) is 18.3 Å². The van der Waals surface area contributed by atoms with Crippen LogP contribution in [-0.4, -0.2) is 44.4 Å². The first-order valence-electron chi connectivity index (χ1n) is 10.0. The maximum atomic E-state index is 13.2. The van der Waals surface area contributed by atoms with E-state index in [1.165, 1.54) is 12.1 Å². The number of aliphatic imine (C=N–C) groups is 1. The van der Waals surface area contributed by atoms with E-state index in [0.29, 0.717) is 12.4 Å². The molecule has 0 spiro atoms. The molecule has 2 aromatic rings. The van der Waals surface area contributed by atoms with Gasteiger partial charge in [-0.05, 0) is 37.6 Å². The number of nitrogens with zero attached hydrogens (tertiary/aromatic N) is 3. The Balaban J connectivity index is 1.64. The molecule has 1 aromatic heterocycles. The van der Waals surface area contributed by atoms with Gasteiger partial charge in [-0.2, -0.15) is 0 Å². The number of aromatic nitrogens is 1. The molecule has 4 atom stereocenters. The first-order valence-corrected chi connectivity index (χ1v) is 10.0. The van der Waals surface area contributed by atoms with E-state index in [9.17, 15) is 14.6 Å². The van der Waals surface area contributed by atoms with E-state index in [1.54, 1.807) is 35.0 Å². The lowest BCUT2D eigenvalue weighted by atomic mass is 10.1. The normalized spacial score (nSPS) is 25.0. The van der Waals surface area contributed by atoms with E-state index in [4.69, 9.17) is 4.74 Å². The summed E-state index contributed by atoms with van der Waals surface area (Å²) >= 11 is 0. The third kappa shape index (κ3) is 3.92. The SMILES string of the molecule is CCCC#Cc1cn([C@@H]2O[C@H](C)[C@@H](O)[C@H]2O)c2c1CN(Nc1ccc(F)cc1)C=N2. The summed E-state index contributed by atoms with van der Waals surface area (Å²) in [6.07, 6.45) is 1.95. The molecule has 4 rings (SSSR count). The number of halogens is 1. The average molecular weight is 412 g/mol. The predicted octanol–water partition coefficient (Wildman–Crippen LogP) is 2.92. The average Bonchev–Trinajstić information content (AvgIpc) is 3.22. The van der Waals surface area contributed by atoms with Crippen LogP contribution in [0.2, 0.25) is 0 Å². The summed E-state index contributed by atoms with van der Waals surface area (Å²) in [5, 5.41) is 22.3. The number of aliphatic hydroxyl groups is 2. The summed E-state index contributed by atoms with van der Waals surface area (Å²) < 4.78 is 20.7. The van der Waals surface area contributed by atoms with Gasteiger partial charge in [0.1, 0.15) is 30.2 Å². The van der Waals surface area contributed by atoms with Gasteiger partial charge in [0, 0.05) is 23.7 Å². The molecule has 2 aliphatic rings. The minimum absolute atomic E-state index is 0.299. The van der Waals surface area contributed by atoms with Crippen molar-refractivity contribution in [3.8, 4) is 11.8 Å². The molecule has 1 aromatic carbocycles. The number of nitrogens with one attached hydrogen (secondary N) is 1. The number of benzene rings is 1. The maximum Gasteiger partial charge on any atom is 0.164 e. The van der Waals surface area contributed by atoms with E-state index < -0.39 is 24.5 Å². The summed E-state index contributed by atoms with van der Waals surface area (Å²) in [5.41, 5.74) is 5.60. The van der Waals surface area contributed by atoms with Crippen LogP contribution in [0.3, 0.4) is 0 Å². The fourth-order valence-electron chi connectivity index (χ4n) is 3.59. The van der Waals surface area contributed by atoms with Crippen molar-refractivity contribution < 1.29 is 19.3 Å². The van der Waals surface area contributed by atoms with Gasteiger partial charge in [0.25, 0.3) is 0 Å². The second-order valence-electron chi connectivity index (χ2n) is 7.51. The largest absolute Gasteiger partial charge is 0.388 e. The maximum absolute atomic E-state index is 13.2. The highest BCUT2D eigenvalue weighted by molar-refractivity contribution is 5.70. The Kier molecular flexibility index (Phi) is 5.77. The number of hydrogen-bond donors (Lipinski definition) is 3. The second-order valence-corrected chi connectivity index (χ2v) is 7.51. The minimum Gasteiger partial charge on any atom is -0.388 e. The smallest absolute Gasteiger partial charge is 0.164 e. The van der Waals surface area contributed by atoms with E-state index in [1.807, 2.05) is 6.20 Å². The van der Waals surface area contributed by atoms with Crippen molar-refractivity contribution in [1.82, 2.24) is 9.58 Å². The minimum atomic E-state index is -1.06. The lowest BCUT2D eigenvalue weighted by molar-refractivity contribution is -0.0309. The number of unbranched alkanes of at least 4 members (excludes halogenated alkanes) is 1. The molecule has 0 amide bonds. The van der Waals surface area contributed by atoms with Crippen LogP contribution in [0.25, 0.3) is 0 Å². The third-order valence-electron chi connectivity index (χ3n) is 5.22. The van der Waals surface area contributed by atoms with Gasteiger partial charge in [0.2, 0.25) is 0 Å². The first-order chi connectivity index (χ1) is 14.5. The highest BCUT2D eigenvalue weighted by Crippen LogP contribution is 2.38. The number of rotatable bonds is 4. The van der Waals surface area contributed by atoms with Gasteiger partial charge in [-0.1, -0.05) is 18.8 Å². The quantitative estimate of drug-likeness (QED) is 0.673. The number of hydrogen-bond acceptors (Lipinski definition) is 6.